The summed E-state index contributed by atoms with van der Waals surface area (Å²) in [5.41, 5.74) is 4.27. The van der Waals surface area contributed by atoms with E-state index in [1.807, 2.05) is 0 Å². The Bertz CT molecular complexity index is 444. The van der Waals surface area contributed by atoms with Gasteiger partial charge in [-0.1, -0.05) is 36.2 Å². The molecule has 2 fully saturated rings. The van der Waals surface area contributed by atoms with Crippen LogP contribution in [0.4, 0.5) is 0 Å². The van der Waals surface area contributed by atoms with E-state index in [0.29, 0.717) is 6.04 Å². The molecule has 1 saturated carbocycles. The molecule has 0 spiro atoms. The Morgan fingerprint density at radius 1 is 1.15 bits per heavy atom. The van der Waals surface area contributed by atoms with Crippen molar-refractivity contribution in [3.8, 4) is 0 Å². The first-order valence-electron chi connectivity index (χ1n) is 8.20. The molecule has 1 aliphatic carbocycles. The molecule has 3 rings (SSSR count). The van der Waals surface area contributed by atoms with E-state index in [4.69, 9.17) is 0 Å². The van der Waals surface area contributed by atoms with Crippen LogP contribution in [0.15, 0.2) is 18.2 Å². The monoisotopic (exact) mass is 272 g/mol. The predicted octanol–water partition coefficient (Wildman–Crippen LogP) is 3.27. The fourth-order valence-electron chi connectivity index (χ4n) is 3.69. The zero-order valence-electron chi connectivity index (χ0n) is 13.2. The van der Waals surface area contributed by atoms with Gasteiger partial charge in [-0.05, 0) is 44.6 Å². The molecule has 2 heteroatoms. The Labute approximate surface area is 123 Å². The SMILES string of the molecule is CCC1CNC(C2CC2)CN1Cc1cc(C)cc(C)c1. The number of hydrogen-bond acceptors (Lipinski definition) is 2. The minimum absolute atomic E-state index is 0.700. The van der Waals surface area contributed by atoms with Gasteiger partial charge in [-0.3, -0.25) is 4.90 Å². The van der Waals surface area contributed by atoms with E-state index in [1.165, 1.54) is 49.0 Å². The molecular formula is C18H28N2. The van der Waals surface area contributed by atoms with Crippen LogP contribution >= 0.6 is 0 Å². The molecule has 1 N–H and O–H groups in total. The number of nitrogens with one attached hydrogen (secondary N) is 1. The molecule has 20 heavy (non-hydrogen) atoms. The Morgan fingerprint density at radius 3 is 2.45 bits per heavy atom. The van der Waals surface area contributed by atoms with Gasteiger partial charge in [0.2, 0.25) is 0 Å². The molecule has 1 heterocycles. The van der Waals surface area contributed by atoms with E-state index < -0.39 is 0 Å². The Balaban J connectivity index is 1.71. The summed E-state index contributed by atoms with van der Waals surface area (Å²) in [7, 11) is 0. The number of benzene rings is 1. The summed E-state index contributed by atoms with van der Waals surface area (Å²) in [6.45, 7) is 10.2. The third-order valence-corrected chi connectivity index (χ3v) is 4.89. The fraction of sp³-hybridized carbons (Fsp3) is 0.667. The minimum atomic E-state index is 0.700. The molecule has 0 bridgehead atoms. The van der Waals surface area contributed by atoms with Gasteiger partial charge in [-0.2, -0.15) is 0 Å². The van der Waals surface area contributed by atoms with Crippen molar-refractivity contribution in [1.29, 1.82) is 0 Å². The van der Waals surface area contributed by atoms with Gasteiger partial charge in [0.15, 0.2) is 0 Å². The zero-order chi connectivity index (χ0) is 14.1. The topological polar surface area (TPSA) is 15.3 Å². The third kappa shape index (κ3) is 3.24. The highest BCUT2D eigenvalue weighted by molar-refractivity contribution is 5.28. The summed E-state index contributed by atoms with van der Waals surface area (Å²) >= 11 is 0. The van der Waals surface area contributed by atoms with Crippen molar-refractivity contribution >= 4 is 0 Å². The van der Waals surface area contributed by atoms with Crippen molar-refractivity contribution in [2.75, 3.05) is 13.1 Å². The van der Waals surface area contributed by atoms with Crippen LogP contribution in [0.5, 0.6) is 0 Å². The van der Waals surface area contributed by atoms with Gasteiger partial charge >= 0.3 is 0 Å². The van der Waals surface area contributed by atoms with Gasteiger partial charge in [0, 0.05) is 31.7 Å². The Hall–Kier alpha value is -0.860. The number of piperazine rings is 1. The lowest BCUT2D eigenvalue weighted by atomic mass is 10.0. The van der Waals surface area contributed by atoms with Crippen LogP contribution in [-0.2, 0) is 6.54 Å². The van der Waals surface area contributed by atoms with Crippen LogP contribution in [0.2, 0.25) is 0 Å². The molecule has 2 aliphatic rings. The second-order valence-corrected chi connectivity index (χ2v) is 6.84. The van der Waals surface area contributed by atoms with E-state index >= 15 is 0 Å². The zero-order valence-corrected chi connectivity index (χ0v) is 13.2. The number of nitrogens with zero attached hydrogens (tertiary/aromatic N) is 1. The molecule has 0 amide bonds. The first-order valence-corrected chi connectivity index (χ1v) is 8.20. The largest absolute Gasteiger partial charge is 0.311 e. The summed E-state index contributed by atoms with van der Waals surface area (Å²) in [6.07, 6.45) is 4.12. The Morgan fingerprint density at radius 2 is 1.85 bits per heavy atom. The highest BCUT2D eigenvalue weighted by Crippen LogP contribution is 2.34. The molecule has 1 aromatic carbocycles. The van der Waals surface area contributed by atoms with Gasteiger partial charge in [0.1, 0.15) is 0 Å². The molecule has 1 aliphatic heterocycles. The standard InChI is InChI=1S/C18H28N2/c1-4-17-10-19-18(16-5-6-16)12-20(17)11-15-8-13(2)7-14(3)9-15/h7-9,16-19H,4-6,10-12H2,1-3H3. The molecule has 0 aromatic heterocycles. The van der Waals surface area contributed by atoms with E-state index in [-0.39, 0.29) is 0 Å². The summed E-state index contributed by atoms with van der Waals surface area (Å²) < 4.78 is 0. The van der Waals surface area contributed by atoms with Crippen LogP contribution in [-0.4, -0.2) is 30.1 Å². The second kappa shape index (κ2) is 5.87. The minimum Gasteiger partial charge on any atom is -0.311 e. The summed E-state index contributed by atoms with van der Waals surface area (Å²) in [4.78, 5) is 2.72. The maximum absolute atomic E-state index is 3.78. The van der Waals surface area contributed by atoms with Crippen molar-refractivity contribution < 1.29 is 0 Å². The third-order valence-electron chi connectivity index (χ3n) is 4.89. The molecule has 1 saturated heterocycles. The second-order valence-electron chi connectivity index (χ2n) is 6.84. The lowest BCUT2D eigenvalue weighted by Gasteiger charge is -2.40. The molecular weight excluding hydrogens is 244 g/mol. The van der Waals surface area contributed by atoms with Crippen molar-refractivity contribution in [3.63, 3.8) is 0 Å². The van der Waals surface area contributed by atoms with Gasteiger partial charge in [-0.25, -0.2) is 0 Å². The van der Waals surface area contributed by atoms with Crippen LogP contribution in [0.1, 0.15) is 42.9 Å². The average molecular weight is 272 g/mol. The maximum Gasteiger partial charge on any atom is 0.0238 e. The Kier molecular flexibility index (Phi) is 4.13. The normalized spacial score (nSPS) is 27.8. The predicted molar refractivity (Wildman–Crippen MR) is 84.9 cm³/mol. The van der Waals surface area contributed by atoms with E-state index in [0.717, 1.165) is 18.5 Å². The summed E-state index contributed by atoms with van der Waals surface area (Å²) in [5, 5.41) is 3.78. The first-order chi connectivity index (χ1) is 9.65. The maximum atomic E-state index is 3.78. The average Bonchev–Trinajstić information content (AvgIpc) is 3.21. The van der Waals surface area contributed by atoms with E-state index in [1.54, 1.807) is 0 Å². The van der Waals surface area contributed by atoms with Gasteiger partial charge in [0.05, 0.1) is 0 Å². The van der Waals surface area contributed by atoms with Crippen LogP contribution in [0, 0.1) is 19.8 Å². The molecule has 110 valence electrons. The van der Waals surface area contributed by atoms with Crippen molar-refractivity contribution in [1.82, 2.24) is 10.2 Å². The van der Waals surface area contributed by atoms with Crippen LogP contribution in [0.25, 0.3) is 0 Å². The quantitative estimate of drug-likeness (QED) is 0.905. The molecule has 2 unspecified atom stereocenters. The molecule has 0 radical (unpaired) electrons. The molecule has 1 aromatic rings. The van der Waals surface area contributed by atoms with Crippen molar-refractivity contribution in [3.05, 3.63) is 34.9 Å². The number of aryl methyl sites for hydroxylation is 2. The smallest absolute Gasteiger partial charge is 0.0238 e. The lowest BCUT2D eigenvalue weighted by molar-refractivity contribution is 0.111. The van der Waals surface area contributed by atoms with E-state index in [9.17, 15) is 0 Å². The lowest BCUT2D eigenvalue weighted by Crippen LogP contribution is -2.56. The highest BCUT2D eigenvalue weighted by Gasteiger charge is 2.36. The molecule has 2 nitrogen and oxygen atoms in total. The molecule has 2 atom stereocenters. The van der Waals surface area contributed by atoms with Gasteiger partial charge < -0.3 is 5.32 Å². The highest BCUT2D eigenvalue weighted by atomic mass is 15.2. The van der Waals surface area contributed by atoms with Gasteiger partial charge in [0.25, 0.3) is 0 Å². The van der Waals surface area contributed by atoms with Crippen LogP contribution < -0.4 is 5.32 Å². The van der Waals surface area contributed by atoms with Crippen molar-refractivity contribution in [2.45, 2.75) is 58.7 Å². The summed E-state index contributed by atoms with van der Waals surface area (Å²) in [6, 6.07) is 8.42. The van der Waals surface area contributed by atoms with Crippen molar-refractivity contribution in [2.24, 2.45) is 5.92 Å². The fourth-order valence-corrected chi connectivity index (χ4v) is 3.69. The summed E-state index contributed by atoms with van der Waals surface area (Å²) in [5.74, 6) is 0.953. The van der Waals surface area contributed by atoms with Gasteiger partial charge in [-0.15, -0.1) is 0 Å². The van der Waals surface area contributed by atoms with E-state index in [2.05, 4.69) is 49.2 Å². The number of hydrogen-bond donors (Lipinski definition) is 1. The number of rotatable bonds is 4. The first kappa shape index (κ1) is 14.1. The van der Waals surface area contributed by atoms with Crippen LogP contribution in [0.3, 0.4) is 0 Å².